The van der Waals surface area contributed by atoms with Crippen molar-refractivity contribution < 1.29 is 9.72 Å². The van der Waals surface area contributed by atoms with Gasteiger partial charge in [-0.1, -0.05) is 56.8 Å². The molecule has 4 rings (SSSR count). The minimum atomic E-state index is -0.903. The predicted molar refractivity (Wildman–Crippen MR) is 157 cm³/mol. The Bertz CT molecular complexity index is 1340. The van der Waals surface area contributed by atoms with Gasteiger partial charge in [-0.2, -0.15) is 0 Å². The zero-order valence-corrected chi connectivity index (χ0v) is 23.6. The van der Waals surface area contributed by atoms with E-state index in [0.29, 0.717) is 16.4 Å². The van der Waals surface area contributed by atoms with Crippen LogP contribution in [-0.4, -0.2) is 44.2 Å². The minimum absolute atomic E-state index is 0.0130. The summed E-state index contributed by atoms with van der Waals surface area (Å²) in [6, 6.07) is 21.0. The second-order valence-corrected chi connectivity index (χ2v) is 11.9. The van der Waals surface area contributed by atoms with E-state index in [1.807, 2.05) is 107 Å². The van der Waals surface area contributed by atoms with Crippen molar-refractivity contribution in [1.29, 1.82) is 0 Å². The minimum Gasteiger partial charge on any atom is -0.378 e. The van der Waals surface area contributed by atoms with Gasteiger partial charge in [0.1, 0.15) is 4.75 Å². The van der Waals surface area contributed by atoms with E-state index in [1.165, 1.54) is 17.8 Å². The lowest BCUT2D eigenvalue weighted by atomic mass is 9.82. The molecule has 0 saturated heterocycles. The summed E-state index contributed by atoms with van der Waals surface area (Å²) >= 11 is 1.39. The molecule has 0 saturated carbocycles. The molecule has 8 nitrogen and oxygen atoms in total. The van der Waals surface area contributed by atoms with Gasteiger partial charge in [0.2, 0.25) is 5.91 Å². The number of nitrogens with one attached hydrogen (secondary N) is 1. The number of amides is 1. The molecule has 1 heterocycles. The van der Waals surface area contributed by atoms with Crippen LogP contribution >= 0.6 is 11.8 Å². The SMILES string of the molecule is CN(C)c1ccc(C2(c3ccc(N(C)C)cc3)SC(NC(=O)C(C)(C)C)=Nc3ccc([N+](=O)[O-])cc32)cc1. The second kappa shape index (κ2) is 10.1. The van der Waals surface area contributed by atoms with E-state index in [0.717, 1.165) is 22.5 Å². The molecular formula is C29H33N5O3S. The number of amidine groups is 1. The average Bonchev–Trinajstić information content (AvgIpc) is 2.87. The molecule has 0 radical (unpaired) electrons. The van der Waals surface area contributed by atoms with Crippen LogP contribution in [0.2, 0.25) is 0 Å². The molecule has 0 bridgehead atoms. The number of fused-ring (bicyclic) bond motifs is 1. The quantitative estimate of drug-likeness (QED) is 0.325. The number of benzene rings is 3. The maximum Gasteiger partial charge on any atom is 0.269 e. The first kappa shape index (κ1) is 27.2. The lowest BCUT2D eigenvalue weighted by Crippen LogP contribution is -2.41. The smallest absolute Gasteiger partial charge is 0.269 e. The summed E-state index contributed by atoms with van der Waals surface area (Å²) in [6.07, 6.45) is 0. The van der Waals surface area contributed by atoms with Crippen molar-refractivity contribution in [2.75, 3.05) is 38.0 Å². The summed E-state index contributed by atoms with van der Waals surface area (Å²) in [6.45, 7) is 5.54. The van der Waals surface area contributed by atoms with E-state index in [1.54, 1.807) is 12.1 Å². The standard InChI is InChI=1S/C29H33N5O3S/c1-28(2,3)26(35)31-27-30-25-17-16-23(34(36)37)18-24(25)29(38-27,19-8-12-21(13-9-19)32(4)5)20-10-14-22(15-11-20)33(6)7/h8-18H,1-7H3,(H,30,31,35). The molecule has 0 spiro atoms. The van der Waals surface area contributed by atoms with E-state index in [2.05, 4.69) is 5.32 Å². The van der Waals surface area contributed by atoms with E-state index in [9.17, 15) is 14.9 Å². The Morgan fingerprint density at radius 1 is 0.895 bits per heavy atom. The number of nitrogens with zero attached hydrogens (tertiary/aromatic N) is 4. The number of anilines is 2. The fourth-order valence-corrected chi connectivity index (χ4v) is 5.63. The molecule has 1 amide bonds. The van der Waals surface area contributed by atoms with Crippen LogP contribution in [0.4, 0.5) is 22.7 Å². The van der Waals surface area contributed by atoms with Crippen LogP contribution in [0.15, 0.2) is 71.7 Å². The first-order valence-electron chi connectivity index (χ1n) is 12.3. The third-order valence-corrected chi connectivity index (χ3v) is 7.91. The van der Waals surface area contributed by atoms with Crippen LogP contribution in [0.3, 0.4) is 0 Å². The molecule has 38 heavy (non-hydrogen) atoms. The van der Waals surface area contributed by atoms with Gasteiger partial charge < -0.3 is 15.1 Å². The number of hydrogen-bond donors (Lipinski definition) is 1. The number of thioether (sulfide) groups is 1. The normalized spacial score (nSPS) is 14.2. The van der Waals surface area contributed by atoms with Crippen LogP contribution < -0.4 is 15.1 Å². The van der Waals surface area contributed by atoms with Crippen molar-refractivity contribution in [3.05, 3.63) is 93.5 Å². The highest BCUT2D eigenvalue weighted by Gasteiger charge is 2.44. The molecule has 0 fully saturated rings. The summed E-state index contributed by atoms with van der Waals surface area (Å²) in [7, 11) is 7.91. The van der Waals surface area contributed by atoms with E-state index < -0.39 is 10.2 Å². The molecule has 1 aliphatic rings. The third kappa shape index (κ3) is 5.11. The molecule has 1 aliphatic heterocycles. The molecule has 198 valence electrons. The van der Waals surface area contributed by atoms with Gasteiger partial charge >= 0.3 is 0 Å². The van der Waals surface area contributed by atoms with Gasteiger partial charge in [-0.25, -0.2) is 4.99 Å². The van der Waals surface area contributed by atoms with E-state index >= 15 is 0 Å². The molecular weight excluding hydrogens is 498 g/mol. The molecule has 1 N–H and O–H groups in total. The fraction of sp³-hybridized carbons (Fsp3) is 0.310. The molecule has 0 aromatic heterocycles. The molecule has 0 aliphatic carbocycles. The molecule has 9 heteroatoms. The van der Waals surface area contributed by atoms with Gasteiger partial charge in [-0.15, -0.1) is 0 Å². The Morgan fingerprint density at radius 2 is 1.39 bits per heavy atom. The summed E-state index contributed by atoms with van der Waals surface area (Å²) in [5.41, 5.74) is 4.54. The predicted octanol–water partition coefficient (Wildman–Crippen LogP) is 5.92. The number of nitro benzene ring substituents is 1. The number of hydrogen-bond acceptors (Lipinski definition) is 7. The Kier molecular flexibility index (Phi) is 7.25. The third-order valence-electron chi connectivity index (χ3n) is 6.52. The summed E-state index contributed by atoms with van der Waals surface area (Å²) in [5.74, 6) is -0.158. The van der Waals surface area contributed by atoms with Crippen LogP contribution in [0.25, 0.3) is 0 Å². The van der Waals surface area contributed by atoms with Gasteiger partial charge in [0.15, 0.2) is 5.17 Å². The number of non-ortho nitro benzene ring substituents is 1. The fourth-order valence-electron chi connectivity index (χ4n) is 4.27. The number of carbonyl (C=O) groups is 1. The number of nitro groups is 1. The largest absolute Gasteiger partial charge is 0.378 e. The van der Waals surface area contributed by atoms with Crippen molar-refractivity contribution >= 4 is 45.6 Å². The summed E-state index contributed by atoms with van der Waals surface area (Å²) < 4.78 is -0.903. The molecule has 0 atom stereocenters. The van der Waals surface area contributed by atoms with Crippen LogP contribution in [0.5, 0.6) is 0 Å². The highest BCUT2D eigenvalue weighted by atomic mass is 32.2. The Hall–Kier alpha value is -3.85. The lowest BCUT2D eigenvalue weighted by Gasteiger charge is -2.39. The maximum absolute atomic E-state index is 13.0. The topological polar surface area (TPSA) is 91.1 Å². The molecule has 3 aromatic carbocycles. The van der Waals surface area contributed by atoms with Crippen molar-refractivity contribution in [3.8, 4) is 0 Å². The number of aliphatic imine (C=N–C) groups is 1. The first-order chi connectivity index (χ1) is 17.8. The van der Waals surface area contributed by atoms with Crippen molar-refractivity contribution in [1.82, 2.24) is 5.32 Å². The molecule has 0 unspecified atom stereocenters. The Morgan fingerprint density at radius 3 is 1.82 bits per heavy atom. The van der Waals surface area contributed by atoms with Crippen LogP contribution in [0.1, 0.15) is 37.5 Å². The van der Waals surface area contributed by atoms with Crippen molar-refractivity contribution in [2.24, 2.45) is 10.4 Å². The Labute approximate surface area is 227 Å². The van der Waals surface area contributed by atoms with Crippen molar-refractivity contribution in [3.63, 3.8) is 0 Å². The molecule has 3 aromatic rings. The highest BCUT2D eigenvalue weighted by Crippen LogP contribution is 2.55. The lowest BCUT2D eigenvalue weighted by molar-refractivity contribution is -0.384. The van der Waals surface area contributed by atoms with Gasteiger partial charge in [0.25, 0.3) is 5.69 Å². The maximum atomic E-state index is 13.0. The second-order valence-electron chi connectivity index (χ2n) is 10.7. The Balaban J connectivity index is 2.01. The van der Waals surface area contributed by atoms with Crippen LogP contribution in [0, 0.1) is 15.5 Å². The average molecular weight is 532 g/mol. The van der Waals surface area contributed by atoms with E-state index in [4.69, 9.17) is 4.99 Å². The zero-order valence-electron chi connectivity index (χ0n) is 22.8. The van der Waals surface area contributed by atoms with Crippen molar-refractivity contribution in [2.45, 2.75) is 25.5 Å². The summed E-state index contributed by atoms with van der Waals surface area (Å²) in [5, 5.41) is 15.3. The summed E-state index contributed by atoms with van der Waals surface area (Å²) in [4.78, 5) is 33.2. The van der Waals surface area contributed by atoms with Gasteiger partial charge in [0, 0.05) is 62.7 Å². The first-order valence-corrected chi connectivity index (χ1v) is 13.1. The highest BCUT2D eigenvalue weighted by molar-refractivity contribution is 8.15. The zero-order chi connectivity index (χ0) is 27.8. The monoisotopic (exact) mass is 531 g/mol. The number of carbonyl (C=O) groups excluding carboxylic acids is 1. The van der Waals surface area contributed by atoms with Gasteiger partial charge in [-0.05, 0) is 41.5 Å². The van der Waals surface area contributed by atoms with Gasteiger partial charge in [0.05, 0.1) is 10.6 Å². The van der Waals surface area contributed by atoms with Gasteiger partial charge in [-0.3, -0.25) is 14.9 Å². The van der Waals surface area contributed by atoms with E-state index in [-0.39, 0.29) is 16.5 Å². The van der Waals surface area contributed by atoms with Crippen LogP contribution in [-0.2, 0) is 9.54 Å². The number of rotatable bonds is 5.